The van der Waals surface area contributed by atoms with Crippen molar-refractivity contribution in [1.29, 1.82) is 0 Å². The lowest BCUT2D eigenvalue weighted by molar-refractivity contribution is -0.173. The van der Waals surface area contributed by atoms with E-state index in [0.717, 1.165) is 34.6 Å². The topological polar surface area (TPSA) is 111 Å². The van der Waals surface area contributed by atoms with Crippen molar-refractivity contribution in [2.75, 3.05) is 31.7 Å². The standard InChI is InChI=1S/C28H26F3N3O7S/c1-17(28(29,30)31)32-15-34(23-19-7-3-2-6-18(19)14-42-22-9-5-4-8-20(22)23)33-11-10-21(36)25(24(33)26(32)37)40-16-41-27(38)39-13-12-35/h2-11,17,23,35H,12-16H2,1H3/t17-,23+/m1/s1. The minimum absolute atomic E-state index is 0.345. The third-order valence-electron chi connectivity index (χ3n) is 6.95. The fourth-order valence-corrected chi connectivity index (χ4v) is 5.98. The van der Waals surface area contributed by atoms with E-state index in [1.54, 1.807) is 16.8 Å². The first-order valence-electron chi connectivity index (χ1n) is 12.8. The number of alkyl halides is 3. The molecule has 1 N–H and O–H groups in total. The molecule has 0 radical (unpaired) electrons. The van der Waals surface area contributed by atoms with Crippen LogP contribution in [0.15, 0.2) is 70.5 Å². The van der Waals surface area contributed by atoms with Crippen molar-refractivity contribution < 1.29 is 42.1 Å². The van der Waals surface area contributed by atoms with Gasteiger partial charge in [-0.15, -0.1) is 11.8 Å². The largest absolute Gasteiger partial charge is 0.511 e. The fraction of sp³-hybridized carbons (Fsp3) is 0.321. The van der Waals surface area contributed by atoms with Crippen LogP contribution in [-0.4, -0.2) is 65.6 Å². The Morgan fingerprint density at radius 2 is 1.79 bits per heavy atom. The van der Waals surface area contributed by atoms with E-state index in [1.165, 1.54) is 10.9 Å². The molecule has 2 aromatic carbocycles. The number of carbonyl (C=O) groups is 2. The number of hydrogen-bond donors (Lipinski definition) is 1. The van der Waals surface area contributed by atoms with E-state index in [2.05, 4.69) is 4.74 Å². The summed E-state index contributed by atoms with van der Waals surface area (Å²) in [6.07, 6.45) is -4.66. The number of pyridine rings is 1. The van der Waals surface area contributed by atoms with Gasteiger partial charge in [-0.3, -0.25) is 19.3 Å². The lowest BCUT2D eigenvalue weighted by Gasteiger charge is -2.46. The highest BCUT2D eigenvalue weighted by Gasteiger charge is 2.47. The smallest absolute Gasteiger partial charge is 0.451 e. The highest BCUT2D eigenvalue weighted by molar-refractivity contribution is 7.98. The molecule has 14 heteroatoms. The zero-order chi connectivity index (χ0) is 30.0. The number of carbonyl (C=O) groups excluding carboxylic acids is 2. The molecular formula is C28H26F3N3O7S. The van der Waals surface area contributed by atoms with Gasteiger partial charge >= 0.3 is 12.3 Å². The number of aliphatic hydroxyl groups excluding tert-OH is 1. The van der Waals surface area contributed by atoms with Crippen LogP contribution < -0.4 is 15.2 Å². The van der Waals surface area contributed by atoms with Crippen molar-refractivity contribution in [3.8, 4) is 5.75 Å². The molecule has 0 fully saturated rings. The van der Waals surface area contributed by atoms with Gasteiger partial charge in [-0.25, -0.2) is 4.79 Å². The van der Waals surface area contributed by atoms with Gasteiger partial charge in [-0.05, 0) is 29.7 Å². The van der Waals surface area contributed by atoms with Gasteiger partial charge in [0.15, 0.2) is 5.69 Å². The van der Waals surface area contributed by atoms with Crippen LogP contribution in [0.25, 0.3) is 0 Å². The van der Waals surface area contributed by atoms with Crippen LogP contribution in [0.1, 0.15) is 40.1 Å². The predicted molar refractivity (Wildman–Crippen MR) is 145 cm³/mol. The summed E-state index contributed by atoms with van der Waals surface area (Å²) >= 11 is 1.59. The lowest BCUT2D eigenvalue weighted by Crippen LogP contribution is -2.60. The number of amides is 1. The van der Waals surface area contributed by atoms with Crippen LogP contribution in [0.3, 0.4) is 0 Å². The Hall–Kier alpha value is -4.17. The van der Waals surface area contributed by atoms with Gasteiger partial charge in [-0.2, -0.15) is 13.2 Å². The minimum atomic E-state index is -4.77. The molecule has 2 atom stereocenters. The highest BCUT2D eigenvalue weighted by atomic mass is 32.2. The predicted octanol–water partition coefficient (Wildman–Crippen LogP) is 4.03. The summed E-state index contributed by atoms with van der Waals surface area (Å²) in [6.45, 7) is -1.25. The van der Waals surface area contributed by atoms with E-state index >= 15 is 0 Å². The zero-order valence-corrected chi connectivity index (χ0v) is 23.1. The summed E-state index contributed by atoms with van der Waals surface area (Å²) in [6, 6.07) is 13.3. The van der Waals surface area contributed by atoms with Crippen molar-refractivity contribution in [2.45, 2.75) is 35.8 Å². The molecule has 1 amide bonds. The van der Waals surface area contributed by atoms with E-state index in [9.17, 15) is 27.6 Å². The maximum Gasteiger partial charge on any atom is 0.511 e. The molecule has 3 aromatic rings. The molecular weight excluding hydrogens is 579 g/mol. The van der Waals surface area contributed by atoms with Crippen molar-refractivity contribution in [3.63, 3.8) is 0 Å². The number of hydrogen-bond acceptors (Lipinski definition) is 9. The monoisotopic (exact) mass is 605 g/mol. The van der Waals surface area contributed by atoms with Gasteiger partial charge in [0, 0.05) is 22.9 Å². The number of fused-ring (bicyclic) bond motifs is 3. The first-order chi connectivity index (χ1) is 20.1. The Bertz CT molecular complexity index is 1500. The van der Waals surface area contributed by atoms with E-state index in [1.807, 2.05) is 48.5 Å². The quantitative estimate of drug-likeness (QED) is 0.315. The second-order valence-corrected chi connectivity index (χ2v) is 10.4. The van der Waals surface area contributed by atoms with Crippen LogP contribution in [0, 0.1) is 0 Å². The molecule has 5 rings (SSSR count). The summed E-state index contributed by atoms with van der Waals surface area (Å²) in [7, 11) is 0. The molecule has 0 saturated carbocycles. The van der Waals surface area contributed by atoms with Crippen LogP contribution in [-0.2, 0) is 15.2 Å². The first kappa shape index (κ1) is 29.3. The summed E-state index contributed by atoms with van der Waals surface area (Å²) in [5.41, 5.74) is 1.34. The van der Waals surface area contributed by atoms with Crippen LogP contribution in [0.5, 0.6) is 5.75 Å². The second-order valence-electron chi connectivity index (χ2n) is 9.43. The van der Waals surface area contributed by atoms with Gasteiger partial charge < -0.3 is 24.2 Å². The maximum atomic E-state index is 14.1. The molecule has 2 aliphatic heterocycles. The van der Waals surface area contributed by atoms with E-state index in [4.69, 9.17) is 14.6 Å². The number of thioether (sulfide) groups is 1. The SMILES string of the molecule is C[C@@H](N1CN([C@H]2c3ccccc3CSc3ccccc32)n2ccc(=O)c(OCOC(=O)OCCO)c2C1=O)C(F)(F)F. The molecule has 0 bridgehead atoms. The Morgan fingerprint density at radius 3 is 2.52 bits per heavy atom. The number of aromatic nitrogens is 1. The van der Waals surface area contributed by atoms with E-state index < -0.39 is 67.3 Å². The third-order valence-corrected chi connectivity index (χ3v) is 8.09. The average Bonchev–Trinajstić information content (AvgIpc) is 3.13. The molecule has 2 aliphatic rings. The lowest BCUT2D eigenvalue weighted by atomic mass is 9.94. The Kier molecular flexibility index (Phi) is 8.36. The number of halogens is 3. The molecule has 0 unspecified atom stereocenters. The van der Waals surface area contributed by atoms with Gasteiger partial charge in [0.2, 0.25) is 18.0 Å². The molecule has 0 saturated heterocycles. The molecule has 222 valence electrons. The van der Waals surface area contributed by atoms with Crippen molar-refractivity contribution in [2.24, 2.45) is 0 Å². The third kappa shape index (κ3) is 5.63. The molecule has 0 aliphatic carbocycles. The summed E-state index contributed by atoms with van der Waals surface area (Å²) in [5.74, 6) is -1.06. The van der Waals surface area contributed by atoms with Crippen molar-refractivity contribution in [1.82, 2.24) is 9.58 Å². The molecule has 10 nitrogen and oxygen atoms in total. The maximum absolute atomic E-state index is 14.1. The van der Waals surface area contributed by atoms with Crippen LogP contribution in [0.4, 0.5) is 18.0 Å². The Morgan fingerprint density at radius 1 is 1.07 bits per heavy atom. The molecule has 0 spiro atoms. The zero-order valence-electron chi connectivity index (χ0n) is 22.2. The summed E-state index contributed by atoms with van der Waals surface area (Å²) in [5, 5.41) is 10.4. The van der Waals surface area contributed by atoms with Crippen molar-refractivity contribution >= 4 is 23.8 Å². The number of aliphatic hydroxyl groups is 1. The number of ether oxygens (including phenoxy) is 3. The van der Waals surface area contributed by atoms with Crippen LogP contribution in [0.2, 0.25) is 0 Å². The van der Waals surface area contributed by atoms with Crippen molar-refractivity contribution in [3.05, 3.63) is 93.4 Å². The molecule has 3 heterocycles. The van der Waals surface area contributed by atoms with Gasteiger partial charge in [0.25, 0.3) is 5.91 Å². The average molecular weight is 606 g/mol. The number of benzene rings is 2. The summed E-state index contributed by atoms with van der Waals surface area (Å²) in [4.78, 5) is 39.9. The Labute approximate surface area is 242 Å². The molecule has 1 aromatic heterocycles. The van der Waals surface area contributed by atoms with Gasteiger partial charge in [-0.1, -0.05) is 42.5 Å². The van der Waals surface area contributed by atoms with Crippen LogP contribution >= 0.6 is 11.8 Å². The first-order valence-corrected chi connectivity index (χ1v) is 13.8. The summed E-state index contributed by atoms with van der Waals surface area (Å²) < 4.78 is 58.2. The Balaban J connectivity index is 1.65. The van der Waals surface area contributed by atoms with E-state index in [0.29, 0.717) is 10.7 Å². The van der Waals surface area contributed by atoms with Gasteiger partial charge in [0.1, 0.15) is 19.3 Å². The minimum Gasteiger partial charge on any atom is -0.451 e. The normalized spacial score (nSPS) is 17.0. The molecule has 42 heavy (non-hydrogen) atoms. The second kappa shape index (κ2) is 12.0. The van der Waals surface area contributed by atoms with Gasteiger partial charge in [0.05, 0.1) is 12.6 Å². The number of rotatable bonds is 7. The fourth-order valence-electron chi connectivity index (χ4n) is 4.89. The number of nitrogens with zero attached hydrogens (tertiary/aromatic N) is 3. The highest BCUT2D eigenvalue weighted by Crippen LogP contribution is 2.43. The van der Waals surface area contributed by atoms with E-state index in [-0.39, 0.29) is 6.61 Å².